The number of benzene rings is 1. The van der Waals surface area contributed by atoms with Gasteiger partial charge in [0, 0.05) is 25.4 Å². The summed E-state index contributed by atoms with van der Waals surface area (Å²) in [5.41, 5.74) is 5.97. The van der Waals surface area contributed by atoms with Crippen LogP contribution in [0, 0.1) is 16.4 Å². The van der Waals surface area contributed by atoms with Crippen LogP contribution in [0.25, 0.3) is 0 Å². The van der Waals surface area contributed by atoms with Crippen molar-refractivity contribution in [2.24, 2.45) is 5.73 Å². The Bertz CT molecular complexity index is 740. The smallest absolute Gasteiger partial charge is 0.290 e. The minimum atomic E-state index is -0.679. The predicted octanol–water partition coefficient (Wildman–Crippen LogP) is 1.26. The average molecular weight is 358 g/mol. The molecule has 1 heterocycles. The molecule has 0 spiro atoms. The summed E-state index contributed by atoms with van der Waals surface area (Å²) in [4.78, 5) is 23.1. The molecule has 10 heteroatoms. The van der Waals surface area contributed by atoms with Gasteiger partial charge in [-0.2, -0.15) is 0 Å². The highest BCUT2D eigenvalue weighted by Crippen LogP contribution is 2.12. The molecule has 0 bridgehead atoms. The molecule has 0 atom stereocenters. The van der Waals surface area contributed by atoms with Crippen molar-refractivity contribution in [3.63, 3.8) is 0 Å². The standard InChI is InChI=1S/C13H14F2N4OS.CH2O2/c14-9-3-8(4-10(15)5-9)7-19-11(6-18-13(19)21)12(20)17-2-1-16;2-1-3/h3-6H,1-2,7,16H2,(H,17,20)(H,18,21);1H,(H,2,3). The molecule has 5 N–H and O–H groups in total. The van der Waals surface area contributed by atoms with E-state index in [1.54, 1.807) is 0 Å². The summed E-state index contributed by atoms with van der Waals surface area (Å²) in [5.74, 6) is -1.72. The van der Waals surface area contributed by atoms with Gasteiger partial charge < -0.3 is 25.7 Å². The van der Waals surface area contributed by atoms with E-state index in [-0.39, 0.29) is 29.4 Å². The number of halogens is 2. The molecule has 0 aliphatic carbocycles. The SMILES string of the molecule is NCCNC(=O)c1c[nH]c(=S)n1Cc1cc(F)cc(F)c1.O=CO. The third-order valence-electron chi connectivity index (χ3n) is 2.79. The number of nitrogens with two attached hydrogens (primary N) is 1. The van der Waals surface area contributed by atoms with Crippen LogP contribution in [0.15, 0.2) is 24.4 Å². The van der Waals surface area contributed by atoms with Gasteiger partial charge in [-0.25, -0.2) is 8.78 Å². The first-order valence-electron chi connectivity index (χ1n) is 6.72. The Morgan fingerprint density at radius 3 is 2.50 bits per heavy atom. The zero-order chi connectivity index (χ0) is 18.1. The van der Waals surface area contributed by atoms with Crippen LogP contribution >= 0.6 is 12.2 Å². The van der Waals surface area contributed by atoms with Crippen molar-refractivity contribution in [2.45, 2.75) is 6.54 Å². The Hall–Kier alpha value is -2.59. The minimum Gasteiger partial charge on any atom is -0.483 e. The van der Waals surface area contributed by atoms with Crippen molar-refractivity contribution < 1.29 is 23.5 Å². The van der Waals surface area contributed by atoms with Gasteiger partial charge in [-0.15, -0.1) is 0 Å². The van der Waals surface area contributed by atoms with Crippen molar-refractivity contribution >= 4 is 24.6 Å². The van der Waals surface area contributed by atoms with E-state index >= 15 is 0 Å². The van der Waals surface area contributed by atoms with Crippen LogP contribution in [0.5, 0.6) is 0 Å². The van der Waals surface area contributed by atoms with E-state index in [1.165, 1.54) is 22.9 Å². The minimum absolute atomic E-state index is 0.0857. The lowest BCUT2D eigenvalue weighted by Gasteiger charge is -2.09. The normalized spacial score (nSPS) is 9.79. The Morgan fingerprint density at radius 2 is 1.96 bits per heavy atom. The number of nitrogens with one attached hydrogen (secondary N) is 2. The third-order valence-corrected chi connectivity index (χ3v) is 3.13. The van der Waals surface area contributed by atoms with Gasteiger partial charge in [0.05, 0.1) is 6.54 Å². The van der Waals surface area contributed by atoms with Crippen molar-refractivity contribution in [3.05, 3.63) is 52.1 Å². The second-order valence-electron chi connectivity index (χ2n) is 4.49. The fourth-order valence-corrected chi connectivity index (χ4v) is 2.12. The van der Waals surface area contributed by atoms with Crippen LogP contribution in [-0.4, -0.2) is 40.1 Å². The molecule has 2 rings (SSSR count). The molecule has 130 valence electrons. The van der Waals surface area contributed by atoms with Crippen molar-refractivity contribution in [3.8, 4) is 0 Å². The largest absolute Gasteiger partial charge is 0.483 e. The molecule has 0 saturated carbocycles. The maximum Gasteiger partial charge on any atom is 0.290 e. The second kappa shape index (κ2) is 9.53. The van der Waals surface area contributed by atoms with Crippen molar-refractivity contribution in [1.29, 1.82) is 0 Å². The highest BCUT2D eigenvalue weighted by atomic mass is 32.1. The molecule has 0 fully saturated rings. The molecule has 0 aliphatic heterocycles. The molecule has 2 aromatic rings. The summed E-state index contributed by atoms with van der Waals surface area (Å²) in [6.07, 6.45) is 1.45. The summed E-state index contributed by atoms with van der Waals surface area (Å²) < 4.78 is 28.2. The molecule has 0 saturated heterocycles. The van der Waals surface area contributed by atoms with E-state index < -0.39 is 11.6 Å². The maximum atomic E-state index is 13.2. The molecular weight excluding hydrogens is 342 g/mol. The number of hydrogen-bond acceptors (Lipinski definition) is 4. The predicted molar refractivity (Wildman–Crippen MR) is 85.2 cm³/mol. The summed E-state index contributed by atoms with van der Waals surface area (Å²) in [7, 11) is 0. The number of carbonyl (C=O) groups is 2. The quantitative estimate of drug-likeness (QED) is 0.475. The van der Waals surface area contributed by atoms with Crippen molar-refractivity contribution in [1.82, 2.24) is 14.9 Å². The van der Waals surface area contributed by atoms with Crippen LogP contribution < -0.4 is 11.1 Å². The molecule has 0 aliphatic rings. The molecular formula is C14H16F2N4O3S. The van der Waals surface area contributed by atoms with Crippen LogP contribution in [-0.2, 0) is 11.3 Å². The lowest BCUT2D eigenvalue weighted by atomic mass is 10.2. The lowest BCUT2D eigenvalue weighted by molar-refractivity contribution is -0.122. The van der Waals surface area contributed by atoms with E-state index in [1.807, 2.05) is 0 Å². The van der Waals surface area contributed by atoms with E-state index in [4.69, 9.17) is 27.9 Å². The van der Waals surface area contributed by atoms with Gasteiger partial charge in [0.15, 0.2) is 4.77 Å². The Kier molecular flexibility index (Phi) is 7.72. The zero-order valence-electron chi connectivity index (χ0n) is 12.5. The fraction of sp³-hybridized carbons (Fsp3) is 0.214. The number of hydrogen-bond donors (Lipinski definition) is 4. The number of H-pyrrole nitrogens is 1. The zero-order valence-corrected chi connectivity index (χ0v) is 13.3. The average Bonchev–Trinajstić information content (AvgIpc) is 2.86. The summed E-state index contributed by atoms with van der Waals surface area (Å²) in [6.45, 7) is 0.472. The number of rotatable bonds is 5. The molecule has 0 unspecified atom stereocenters. The van der Waals surface area contributed by atoms with Gasteiger partial charge in [0.2, 0.25) is 0 Å². The van der Waals surface area contributed by atoms with Gasteiger partial charge in [0.1, 0.15) is 17.3 Å². The monoisotopic (exact) mass is 358 g/mol. The first-order valence-corrected chi connectivity index (χ1v) is 7.13. The van der Waals surface area contributed by atoms with Gasteiger partial charge in [0.25, 0.3) is 12.4 Å². The Balaban J connectivity index is 0.000000891. The molecule has 1 amide bonds. The van der Waals surface area contributed by atoms with Gasteiger partial charge in [-0.05, 0) is 29.9 Å². The maximum absolute atomic E-state index is 13.2. The third kappa shape index (κ3) is 5.56. The van der Waals surface area contributed by atoms with Crippen LogP contribution in [0.4, 0.5) is 8.78 Å². The van der Waals surface area contributed by atoms with Crippen LogP contribution in [0.2, 0.25) is 0 Å². The van der Waals surface area contributed by atoms with E-state index in [0.29, 0.717) is 18.7 Å². The summed E-state index contributed by atoms with van der Waals surface area (Å²) >= 11 is 5.08. The van der Waals surface area contributed by atoms with E-state index in [9.17, 15) is 13.6 Å². The van der Waals surface area contributed by atoms with Gasteiger partial charge >= 0.3 is 0 Å². The van der Waals surface area contributed by atoms with E-state index in [0.717, 1.165) is 6.07 Å². The molecule has 24 heavy (non-hydrogen) atoms. The molecule has 1 aromatic carbocycles. The van der Waals surface area contributed by atoms with Crippen LogP contribution in [0.3, 0.4) is 0 Å². The highest BCUT2D eigenvalue weighted by Gasteiger charge is 2.13. The number of carbonyl (C=O) groups excluding carboxylic acids is 1. The lowest BCUT2D eigenvalue weighted by Crippen LogP contribution is -2.30. The first-order chi connectivity index (χ1) is 11.4. The van der Waals surface area contributed by atoms with Crippen LogP contribution in [0.1, 0.15) is 16.1 Å². The first kappa shape index (κ1) is 19.5. The number of carboxylic acid groups (broad SMARTS) is 1. The second-order valence-corrected chi connectivity index (χ2v) is 4.88. The Morgan fingerprint density at radius 1 is 1.38 bits per heavy atom. The topological polar surface area (TPSA) is 113 Å². The Labute approximate surface area is 141 Å². The fourth-order valence-electron chi connectivity index (χ4n) is 1.90. The highest BCUT2D eigenvalue weighted by molar-refractivity contribution is 7.71. The molecule has 7 nitrogen and oxygen atoms in total. The van der Waals surface area contributed by atoms with Gasteiger partial charge in [-0.1, -0.05) is 0 Å². The number of amides is 1. The number of aromatic nitrogens is 2. The van der Waals surface area contributed by atoms with E-state index in [2.05, 4.69) is 10.3 Å². The number of nitrogens with zero attached hydrogens (tertiary/aromatic N) is 1. The molecule has 1 aromatic heterocycles. The number of aromatic amines is 1. The number of imidazole rings is 1. The van der Waals surface area contributed by atoms with Gasteiger partial charge in [-0.3, -0.25) is 9.59 Å². The summed E-state index contributed by atoms with van der Waals surface area (Å²) in [5, 5.41) is 9.50. The molecule has 0 radical (unpaired) electrons. The van der Waals surface area contributed by atoms with Crippen molar-refractivity contribution in [2.75, 3.05) is 13.1 Å². The summed E-state index contributed by atoms with van der Waals surface area (Å²) in [6, 6.07) is 3.17.